The lowest BCUT2D eigenvalue weighted by atomic mass is 9.98. The van der Waals surface area contributed by atoms with Gasteiger partial charge in [-0.1, -0.05) is 11.6 Å². The summed E-state index contributed by atoms with van der Waals surface area (Å²) < 4.78 is 10.6. The van der Waals surface area contributed by atoms with Crippen LogP contribution in [-0.4, -0.2) is 59.3 Å². The van der Waals surface area contributed by atoms with Crippen molar-refractivity contribution in [1.29, 1.82) is 0 Å². The summed E-state index contributed by atoms with van der Waals surface area (Å²) >= 11 is 6.26. The van der Waals surface area contributed by atoms with E-state index in [4.69, 9.17) is 26.2 Å². The van der Waals surface area contributed by atoms with Gasteiger partial charge in [-0.05, 0) is 31.9 Å². The molecule has 12 heteroatoms. The van der Waals surface area contributed by atoms with Gasteiger partial charge in [-0.2, -0.15) is 4.98 Å². The molecular weight excluding hydrogens is 452 g/mol. The number of hydrogen-bond acceptors (Lipinski definition) is 8. The molecule has 0 unspecified atom stereocenters. The first kappa shape index (κ1) is 24.2. The van der Waals surface area contributed by atoms with Gasteiger partial charge in [0, 0.05) is 36.8 Å². The number of nitrogens with one attached hydrogen (secondary N) is 3. The topological polar surface area (TPSA) is 138 Å². The minimum absolute atomic E-state index is 0.156. The fraction of sp³-hybridized carbons (Fsp3) is 0.429. The number of carbonyl (C=O) groups is 2. The molecule has 178 valence electrons. The summed E-state index contributed by atoms with van der Waals surface area (Å²) in [6.07, 6.45) is 0.214. The predicted molar refractivity (Wildman–Crippen MR) is 123 cm³/mol. The van der Waals surface area contributed by atoms with E-state index in [1.54, 1.807) is 27.2 Å². The number of hydrogen-bond donors (Lipinski definition) is 4. The van der Waals surface area contributed by atoms with Gasteiger partial charge in [-0.25, -0.2) is 9.78 Å². The Balaban J connectivity index is 1.65. The quantitative estimate of drug-likeness (QED) is 0.333. The van der Waals surface area contributed by atoms with Gasteiger partial charge in [0.25, 0.3) is 0 Å². The number of aromatic nitrogens is 2. The third-order valence-electron chi connectivity index (χ3n) is 5.38. The smallest absolute Gasteiger partial charge is 0.407 e. The lowest BCUT2D eigenvalue weighted by Crippen LogP contribution is -2.46. The number of methoxy groups -OCH3 is 2. The molecule has 1 aromatic heterocycles. The van der Waals surface area contributed by atoms with Gasteiger partial charge < -0.3 is 24.8 Å². The standard InChI is InChI=1S/C21H27ClN6O5/c1-12-17(22)24-20(23-10-13-6-7-15(32-2)9-16(13)33-3)25-18(12)26-27-19(29)14-5-4-8-28(11-14)21(30)31/h6-7,9,14H,4-5,8,10-11H2,1-3H3,(H,27,29)(H,30,31)(H2,23,24,25,26)/t14-/m0/s1. The Kier molecular flexibility index (Phi) is 7.99. The lowest BCUT2D eigenvalue weighted by molar-refractivity contribution is -0.125. The Morgan fingerprint density at radius 1 is 1.27 bits per heavy atom. The molecule has 1 aliphatic heterocycles. The van der Waals surface area contributed by atoms with Gasteiger partial charge in [0.1, 0.15) is 16.7 Å². The van der Waals surface area contributed by atoms with E-state index in [1.165, 1.54) is 4.90 Å². The van der Waals surface area contributed by atoms with Crippen molar-refractivity contribution in [3.8, 4) is 11.5 Å². The van der Waals surface area contributed by atoms with E-state index in [2.05, 4.69) is 26.1 Å². The van der Waals surface area contributed by atoms with Crippen molar-refractivity contribution in [3.05, 3.63) is 34.5 Å². The van der Waals surface area contributed by atoms with Crippen LogP contribution < -0.4 is 25.6 Å². The van der Waals surface area contributed by atoms with E-state index in [9.17, 15) is 9.59 Å². The zero-order chi connectivity index (χ0) is 24.0. The number of rotatable bonds is 8. The normalized spacial score (nSPS) is 15.5. The summed E-state index contributed by atoms with van der Waals surface area (Å²) in [6, 6.07) is 5.46. The van der Waals surface area contributed by atoms with Crippen LogP contribution in [0, 0.1) is 12.8 Å². The first-order valence-corrected chi connectivity index (χ1v) is 10.7. The van der Waals surface area contributed by atoms with Crippen LogP contribution in [0.3, 0.4) is 0 Å². The second-order valence-corrected chi connectivity index (χ2v) is 7.88. The number of carboxylic acid groups (broad SMARTS) is 1. The molecule has 0 spiro atoms. The highest BCUT2D eigenvalue weighted by Gasteiger charge is 2.28. The first-order chi connectivity index (χ1) is 15.8. The summed E-state index contributed by atoms with van der Waals surface area (Å²) in [6.45, 7) is 2.68. The molecule has 2 amide bonds. The third kappa shape index (κ3) is 6.07. The minimum atomic E-state index is -1.02. The fourth-order valence-electron chi connectivity index (χ4n) is 3.45. The Morgan fingerprint density at radius 3 is 2.76 bits per heavy atom. The summed E-state index contributed by atoms with van der Waals surface area (Å²) in [4.78, 5) is 33.6. The average Bonchev–Trinajstić information content (AvgIpc) is 2.83. The molecule has 0 aliphatic carbocycles. The van der Waals surface area contributed by atoms with Crippen LogP contribution in [0.25, 0.3) is 0 Å². The number of anilines is 2. The van der Waals surface area contributed by atoms with Crippen LogP contribution in [0.1, 0.15) is 24.0 Å². The molecule has 33 heavy (non-hydrogen) atoms. The number of likely N-dealkylation sites (tertiary alicyclic amines) is 1. The summed E-state index contributed by atoms with van der Waals surface area (Å²) in [5, 5.41) is 12.5. The van der Waals surface area contributed by atoms with Crippen LogP contribution in [0.4, 0.5) is 16.6 Å². The Bertz CT molecular complexity index is 1020. The van der Waals surface area contributed by atoms with Crippen LogP contribution in [0.15, 0.2) is 18.2 Å². The highest BCUT2D eigenvalue weighted by Crippen LogP contribution is 2.26. The highest BCUT2D eigenvalue weighted by atomic mass is 35.5. The Morgan fingerprint density at radius 2 is 2.06 bits per heavy atom. The lowest BCUT2D eigenvalue weighted by Gasteiger charge is -2.29. The molecule has 11 nitrogen and oxygen atoms in total. The van der Waals surface area contributed by atoms with Gasteiger partial charge in [0.15, 0.2) is 5.82 Å². The molecule has 0 saturated carbocycles. The van der Waals surface area contributed by atoms with E-state index < -0.39 is 12.0 Å². The molecule has 1 saturated heterocycles. The molecule has 3 rings (SSSR count). The van der Waals surface area contributed by atoms with Crippen LogP contribution in [0.5, 0.6) is 11.5 Å². The minimum Gasteiger partial charge on any atom is -0.497 e. The second-order valence-electron chi connectivity index (χ2n) is 7.52. The number of halogens is 1. The number of piperidine rings is 1. The van der Waals surface area contributed by atoms with Gasteiger partial charge in [-0.15, -0.1) is 0 Å². The van der Waals surface area contributed by atoms with Gasteiger partial charge in [-0.3, -0.25) is 15.6 Å². The molecule has 2 heterocycles. The zero-order valence-corrected chi connectivity index (χ0v) is 19.4. The van der Waals surface area contributed by atoms with Crippen LogP contribution in [-0.2, 0) is 11.3 Å². The van der Waals surface area contributed by atoms with E-state index >= 15 is 0 Å². The van der Waals surface area contributed by atoms with E-state index in [-0.39, 0.29) is 23.6 Å². The number of benzene rings is 1. The second kappa shape index (κ2) is 10.9. The summed E-state index contributed by atoms with van der Waals surface area (Å²) in [7, 11) is 3.16. The maximum absolute atomic E-state index is 12.5. The Hall–Kier alpha value is -3.47. The van der Waals surface area contributed by atoms with E-state index in [0.717, 1.165) is 5.56 Å². The zero-order valence-electron chi connectivity index (χ0n) is 18.6. The van der Waals surface area contributed by atoms with Crippen molar-refractivity contribution in [2.45, 2.75) is 26.3 Å². The highest BCUT2D eigenvalue weighted by molar-refractivity contribution is 6.30. The number of nitrogens with zero attached hydrogens (tertiary/aromatic N) is 3. The SMILES string of the molecule is COc1ccc(CNc2nc(Cl)c(C)c(NNC(=O)[C@H]3CCCN(C(=O)O)C3)n2)c(OC)c1. The van der Waals surface area contributed by atoms with Gasteiger partial charge >= 0.3 is 6.09 Å². The monoisotopic (exact) mass is 478 g/mol. The predicted octanol–water partition coefficient (Wildman–Crippen LogP) is 2.90. The average molecular weight is 479 g/mol. The number of amides is 2. The third-order valence-corrected chi connectivity index (χ3v) is 5.75. The van der Waals surface area contributed by atoms with Crippen molar-refractivity contribution in [1.82, 2.24) is 20.3 Å². The van der Waals surface area contributed by atoms with Crippen LogP contribution in [0.2, 0.25) is 5.15 Å². The van der Waals surface area contributed by atoms with Crippen molar-refractivity contribution >= 4 is 35.4 Å². The molecule has 2 aromatic rings. The first-order valence-electron chi connectivity index (χ1n) is 10.3. The van der Waals surface area contributed by atoms with Crippen molar-refractivity contribution in [3.63, 3.8) is 0 Å². The molecule has 0 bridgehead atoms. The fourth-order valence-corrected chi connectivity index (χ4v) is 3.62. The van der Waals surface area contributed by atoms with Gasteiger partial charge in [0.05, 0.1) is 20.1 Å². The molecule has 0 radical (unpaired) electrons. The molecule has 1 fully saturated rings. The molecule has 1 aromatic carbocycles. The van der Waals surface area contributed by atoms with Crippen molar-refractivity contribution < 1.29 is 24.2 Å². The summed E-state index contributed by atoms with van der Waals surface area (Å²) in [5.41, 5.74) is 6.82. The van der Waals surface area contributed by atoms with Gasteiger partial charge in [0.2, 0.25) is 11.9 Å². The Labute approximate surface area is 196 Å². The van der Waals surface area contributed by atoms with E-state index in [1.807, 2.05) is 12.1 Å². The summed E-state index contributed by atoms with van der Waals surface area (Å²) in [5.74, 6) is 1.16. The van der Waals surface area contributed by atoms with Crippen LogP contribution >= 0.6 is 11.6 Å². The maximum Gasteiger partial charge on any atom is 0.407 e. The van der Waals surface area contributed by atoms with Crippen molar-refractivity contribution in [2.75, 3.05) is 38.1 Å². The molecule has 4 N–H and O–H groups in total. The van der Waals surface area contributed by atoms with E-state index in [0.29, 0.717) is 48.8 Å². The number of carbonyl (C=O) groups excluding carboxylic acids is 1. The molecule has 1 atom stereocenters. The molecular formula is C21H27ClN6O5. The van der Waals surface area contributed by atoms with Crippen molar-refractivity contribution in [2.24, 2.45) is 5.92 Å². The maximum atomic E-state index is 12.5. The number of ether oxygens (including phenoxy) is 2. The largest absolute Gasteiger partial charge is 0.497 e. The molecule has 1 aliphatic rings. The number of hydrazine groups is 1.